The van der Waals surface area contributed by atoms with Crippen molar-refractivity contribution >= 4 is 17.2 Å². The van der Waals surface area contributed by atoms with E-state index in [4.69, 9.17) is 18.7 Å². The second-order valence-corrected chi connectivity index (χ2v) is 7.09. The monoisotopic (exact) mass is 417 g/mol. The van der Waals surface area contributed by atoms with Gasteiger partial charge in [0.05, 0.1) is 26.2 Å². The highest BCUT2D eigenvalue weighted by molar-refractivity contribution is 7.13. The van der Waals surface area contributed by atoms with Gasteiger partial charge in [0.2, 0.25) is 17.6 Å². The smallest absolute Gasteiger partial charge is 0.226 e. The van der Waals surface area contributed by atoms with Gasteiger partial charge < -0.3 is 24.1 Å². The van der Waals surface area contributed by atoms with Gasteiger partial charge in [-0.1, -0.05) is 11.2 Å². The molecule has 0 radical (unpaired) electrons. The van der Waals surface area contributed by atoms with Gasteiger partial charge in [0, 0.05) is 31.0 Å². The lowest BCUT2D eigenvalue weighted by Crippen LogP contribution is -2.22. The first-order valence-electron chi connectivity index (χ1n) is 9.06. The number of nitrogens with one attached hydrogen (secondary N) is 1. The zero-order valence-electron chi connectivity index (χ0n) is 16.6. The highest BCUT2D eigenvalue weighted by Crippen LogP contribution is 2.34. The fraction of sp³-hybridized carbons (Fsp3) is 0.350. The summed E-state index contributed by atoms with van der Waals surface area (Å²) in [5.74, 6) is 2.81. The van der Waals surface area contributed by atoms with Crippen molar-refractivity contribution in [1.29, 1.82) is 0 Å². The molecule has 0 aliphatic rings. The van der Waals surface area contributed by atoms with Gasteiger partial charge >= 0.3 is 0 Å². The number of carbonyl (C=O) groups excluding carboxylic acids is 1. The van der Waals surface area contributed by atoms with Crippen molar-refractivity contribution in [2.75, 3.05) is 21.3 Å². The number of benzene rings is 1. The first-order valence-corrected chi connectivity index (χ1v) is 9.94. The van der Waals surface area contributed by atoms with E-state index in [-0.39, 0.29) is 5.91 Å². The molecule has 8 nitrogen and oxygen atoms in total. The van der Waals surface area contributed by atoms with Gasteiger partial charge in [0.25, 0.3) is 0 Å². The van der Waals surface area contributed by atoms with Crippen molar-refractivity contribution < 1.29 is 23.5 Å². The number of carbonyl (C=O) groups is 1. The van der Waals surface area contributed by atoms with Crippen LogP contribution in [0.5, 0.6) is 17.2 Å². The average molecular weight is 417 g/mol. The third kappa shape index (κ3) is 5.26. The van der Waals surface area contributed by atoms with E-state index >= 15 is 0 Å². The highest BCUT2D eigenvalue weighted by Gasteiger charge is 2.13. The summed E-state index contributed by atoms with van der Waals surface area (Å²) < 4.78 is 21.2. The number of nitrogens with zero attached hydrogens (tertiary/aromatic N) is 2. The standard InChI is InChI=1S/C20H23N3O5S/c1-25-14-11-16(27-3)15(26-2)10-13(14)12-21-18(24)7-4-8-19-22-20(23-28-19)17-6-5-9-29-17/h5-6,9-11H,4,7-8,12H2,1-3H3,(H,21,24). The van der Waals surface area contributed by atoms with Crippen molar-refractivity contribution in [2.24, 2.45) is 0 Å². The van der Waals surface area contributed by atoms with E-state index in [2.05, 4.69) is 15.5 Å². The SMILES string of the molecule is COc1cc(OC)c(OC)cc1CNC(=O)CCCc1nc(-c2cccs2)no1. The van der Waals surface area contributed by atoms with Gasteiger partial charge in [-0.05, 0) is 23.9 Å². The van der Waals surface area contributed by atoms with Crippen LogP contribution in [-0.2, 0) is 17.8 Å². The fourth-order valence-corrected chi connectivity index (χ4v) is 3.42. The Hall–Kier alpha value is -3.07. The lowest BCUT2D eigenvalue weighted by molar-refractivity contribution is -0.121. The number of methoxy groups -OCH3 is 3. The van der Waals surface area contributed by atoms with Crippen LogP contribution in [0.25, 0.3) is 10.7 Å². The summed E-state index contributed by atoms with van der Waals surface area (Å²) in [6.45, 7) is 0.325. The molecular weight excluding hydrogens is 394 g/mol. The van der Waals surface area contributed by atoms with Gasteiger partial charge in [-0.3, -0.25) is 4.79 Å². The van der Waals surface area contributed by atoms with Crippen molar-refractivity contribution in [3.05, 3.63) is 41.1 Å². The number of hydrogen-bond acceptors (Lipinski definition) is 8. The molecule has 0 aliphatic heterocycles. The molecule has 1 aromatic carbocycles. The molecular formula is C20H23N3O5S. The van der Waals surface area contributed by atoms with Crippen LogP contribution >= 0.6 is 11.3 Å². The summed E-state index contributed by atoms with van der Waals surface area (Å²) in [5.41, 5.74) is 0.802. The normalized spacial score (nSPS) is 10.6. The number of ether oxygens (including phenoxy) is 3. The Bertz CT molecular complexity index is 940. The average Bonchev–Trinajstić information content (AvgIpc) is 3.43. The molecule has 9 heteroatoms. The maximum absolute atomic E-state index is 12.2. The summed E-state index contributed by atoms with van der Waals surface area (Å²) in [7, 11) is 4.70. The number of aryl methyl sites for hydroxylation is 1. The molecule has 0 atom stereocenters. The number of rotatable bonds is 10. The predicted octanol–water partition coefficient (Wildman–Crippen LogP) is 3.46. The Morgan fingerprint density at radius 3 is 2.59 bits per heavy atom. The molecule has 3 rings (SSSR count). The van der Waals surface area contributed by atoms with Crippen LogP contribution in [0, 0.1) is 0 Å². The minimum Gasteiger partial charge on any atom is -0.496 e. The number of hydrogen-bond donors (Lipinski definition) is 1. The van der Waals surface area contributed by atoms with Crippen LogP contribution in [-0.4, -0.2) is 37.4 Å². The quantitative estimate of drug-likeness (QED) is 0.540. The van der Waals surface area contributed by atoms with E-state index in [1.54, 1.807) is 44.8 Å². The van der Waals surface area contributed by atoms with E-state index in [9.17, 15) is 4.79 Å². The van der Waals surface area contributed by atoms with Gasteiger partial charge in [-0.25, -0.2) is 0 Å². The molecule has 0 unspecified atom stereocenters. The Morgan fingerprint density at radius 2 is 1.90 bits per heavy atom. The molecule has 29 heavy (non-hydrogen) atoms. The molecule has 0 aliphatic carbocycles. The largest absolute Gasteiger partial charge is 0.496 e. The summed E-state index contributed by atoms with van der Waals surface area (Å²) in [4.78, 5) is 17.5. The fourth-order valence-electron chi connectivity index (χ4n) is 2.78. The Balaban J connectivity index is 1.49. The van der Waals surface area contributed by atoms with Gasteiger partial charge in [-0.2, -0.15) is 4.98 Å². The third-order valence-corrected chi connectivity index (χ3v) is 5.13. The van der Waals surface area contributed by atoms with E-state index in [1.165, 1.54) is 0 Å². The lowest BCUT2D eigenvalue weighted by Gasteiger charge is -2.14. The minimum absolute atomic E-state index is 0.0696. The molecule has 0 saturated carbocycles. The molecule has 0 bridgehead atoms. The summed E-state index contributed by atoms with van der Waals surface area (Å²) in [6.07, 6.45) is 1.51. The molecule has 0 saturated heterocycles. The molecule has 1 N–H and O–H groups in total. The van der Waals surface area contributed by atoms with E-state index in [0.717, 1.165) is 10.4 Å². The second kappa shape index (κ2) is 9.92. The van der Waals surface area contributed by atoms with Crippen LogP contribution in [0.1, 0.15) is 24.3 Å². The number of thiophene rings is 1. The van der Waals surface area contributed by atoms with E-state index in [1.807, 2.05) is 17.5 Å². The summed E-state index contributed by atoms with van der Waals surface area (Å²) in [6, 6.07) is 7.41. The predicted molar refractivity (Wildman–Crippen MR) is 108 cm³/mol. The molecule has 2 aromatic heterocycles. The van der Waals surface area contributed by atoms with Crippen molar-refractivity contribution in [3.8, 4) is 28.0 Å². The van der Waals surface area contributed by atoms with Crippen LogP contribution in [0.15, 0.2) is 34.2 Å². The summed E-state index contributed by atoms with van der Waals surface area (Å²) in [5, 5.41) is 8.83. The van der Waals surface area contributed by atoms with E-state index < -0.39 is 0 Å². The molecule has 0 fully saturated rings. The minimum atomic E-state index is -0.0696. The van der Waals surface area contributed by atoms with Crippen molar-refractivity contribution in [3.63, 3.8) is 0 Å². The number of aromatic nitrogens is 2. The van der Waals surface area contributed by atoms with Crippen LogP contribution in [0.4, 0.5) is 0 Å². The zero-order valence-corrected chi connectivity index (χ0v) is 17.4. The van der Waals surface area contributed by atoms with Gasteiger partial charge in [0.1, 0.15) is 5.75 Å². The summed E-state index contributed by atoms with van der Waals surface area (Å²) >= 11 is 1.55. The second-order valence-electron chi connectivity index (χ2n) is 6.14. The third-order valence-electron chi connectivity index (χ3n) is 4.27. The topological polar surface area (TPSA) is 95.7 Å². The van der Waals surface area contributed by atoms with Crippen LogP contribution in [0.3, 0.4) is 0 Å². The molecule has 154 valence electrons. The van der Waals surface area contributed by atoms with Crippen LogP contribution < -0.4 is 19.5 Å². The molecule has 1 amide bonds. The maximum Gasteiger partial charge on any atom is 0.226 e. The van der Waals surface area contributed by atoms with Crippen LogP contribution in [0.2, 0.25) is 0 Å². The Kier molecular flexibility index (Phi) is 7.07. The van der Waals surface area contributed by atoms with Gasteiger partial charge in [0.15, 0.2) is 11.5 Å². The lowest BCUT2D eigenvalue weighted by atomic mass is 10.1. The van der Waals surface area contributed by atoms with Crippen molar-refractivity contribution in [2.45, 2.75) is 25.8 Å². The Labute approximate surface area is 172 Å². The molecule has 2 heterocycles. The maximum atomic E-state index is 12.2. The number of amides is 1. The molecule has 3 aromatic rings. The first-order chi connectivity index (χ1) is 14.1. The zero-order chi connectivity index (χ0) is 20.6. The first kappa shape index (κ1) is 20.7. The van der Waals surface area contributed by atoms with E-state index in [0.29, 0.717) is 54.8 Å². The van der Waals surface area contributed by atoms with Crippen molar-refractivity contribution in [1.82, 2.24) is 15.5 Å². The highest BCUT2D eigenvalue weighted by atomic mass is 32.1. The van der Waals surface area contributed by atoms with Gasteiger partial charge in [-0.15, -0.1) is 11.3 Å². The Morgan fingerprint density at radius 1 is 1.14 bits per heavy atom. The molecule has 0 spiro atoms.